The van der Waals surface area contributed by atoms with Gasteiger partial charge < -0.3 is 5.73 Å². The van der Waals surface area contributed by atoms with Gasteiger partial charge in [0.1, 0.15) is 0 Å². The molecule has 2 nitrogen and oxygen atoms in total. The summed E-state index contributed by atoms with van der Waals surface area (Å²) in [4.78, 5) is 0. The zero-order chi connectivity index (χ0) is 3.58. The molecule has 32 valence electrons. The van der Waals surface area contributed by atoms with E-state index in [1.54, 1.807) is 22.6 Å². The molecule has 0 unspecified atom stereocenters. The number of nitrogens with two attached hydrogens (primary N) is 1. The molecule has 0 rings (SSSR count). The highest BCUT2D eigenvalue weighted by Gasteiger charge is 1.57. The van der Waals surface area contributed by atoms with E-state index < -0.39 is 0 Å². The van der Waals surface area contributed by atoms with Crippen LogP contribution in [-0.4, -0.2) is 3.84 Å². The van der Waals surface area contributed by atoms with Crippen LogP contribution in [0.3, 0.4) is 0 Å². The van der Waals surface area contributed by atoms with Crippen LogP contribution in [0.4, 0.5) is 0 Å². The van der Waals surface area contributed by atoms with Crippen LogP contribution >= 0.6 is 46.6 Å². The van der Waals surface area contributed by atoms with Crippen LogP contribution in [0.25, 0.3) is 0 Å². The first-order valence-electron chi connectivity index (χ1n) is 0.728. The molecule has 0 aliphatic heterocycles. The highest BCUT2D eigenvalue weighted by Crippen LogP contribution is 1.68. The van der Waals surface area contributed by atoms with Gasteiger partial charge in [-0.05, 0) is 22.6 Å². The summed E-state index contributed by atoms with van der Waals surface area (Å²) in [6, 6.07) is 0. The molecule has 0 aliphatic carbocycles. The molecule has 0 bridgehead atoms. The van der Waals surface area contributed by atoms with Crippen molar-refractivity contribution < 1.29 is 0 Å². The van der Waals surface area contributed by atoms with E-state index in [1.165, 1.54) is 0 Å². The van der Waals surface area contributed by atoms with E-state index in [0.29, 0.717) is 0 Å². The summed E-state index contributed by atoms with van der Waals surface area (Å²) >= 11 is 1.70. The van der Waals surface area contributed by atoms with E-state index >= 15 is 0 Å². The Hall–Kier alpha value is 0.930. The van der Waals surface area contributed by atoms with Crippen molar-refractivity contribution in [1.82, 2.24) is 0 Å². The fraction of sp³-hybridized carbons (Fsp3) is 0. The van der Waals surface area contributed by atoms with Gasteiger partial charge >= 0.3 is 0 Å². The second-order valence-electron chi connectivity index (χ2n) is 0.348. The number of nitrogens with one attached hydrogen (secondary N) is 1. The largest absolute Gasteiger partial charge is 0.379 e. The Morgan fingerprint density at radius 2 is 1.80 bits per heavy atom. The Balaban J connectivity index is 0. The molecule has 0 radical (unpaired) electrons. The molecule has 0 aromatic heterocycles. The van der Waals surface area contributed by atoms with Crippen LogP contribution in [-0.2, 0) is 0 Å². The predicted molar refractivity (Wildman–Crippen MR) is 41.3 cm³/mol. The van der Waals surface area contributed by atoms with Crippen molar-refractivity contribution in [3.8, 4) is 0 Å². The number of halogens is 2. The van der Waals surface area contributed by atoms with Crippen molar-refractivity contribution in [3.63, 3.8) is 0 Å². The number of amidine groups is 1. The van der Waals surface area contributed by atoms with E-state index in [4.69, 9.17) is 5.41 Å². The molecule has 5 heavy (non-hydrogen) atoms. The molecule has 0 saturated carbocycles. The molecule has 0 atom stereocenters. The van der Waals surface area contributed by atoms with Crippen LogP contribution in [0, 0.1) is 5.41 Å². The maximum absolute atomic E-state index is 6.26. The van der Waals surface area contributed by atoms with E-state index in [2.05, 4.69) is 5.73 Å². The van der Waals surface area contributed by atoms with E-state index in [-0.39, 0.29) is 27.8 Å². The minimum absolute atomic E-state index is 0. The number of hydrogen-bond donors (Lipinski definition) is 2. The Kier molecular flexibility index (Phi) is 9.20. The van der Waals surface area contributed by atoms with Crippen LogP contribution in [0.2, 0.25) is 0 Å². The molecule has 0 heterocycles. The lowest BCUT2D eigenvalue weighted by Gasteiger charge is -1.63. The lowest BCUT2D eigenvalue weighted by molar-refractivity contribution is 1.52. The van der Waals surface area contributed by atoms with Crippen molar-refractivity contribution in [2.24, 2.45) is 5.73 Å². The first kappa shape index (κ1) is 9.33. The first-order valence-corrected chi connectivity index (χ1v) is 1.81. The summed E-state index contributed by atoms with van der Waals surface area (Å²) in [5.74, 6) is 0. The third-order valence-electron chi connectivity index (χ3n) is 0. The second-order valence-corrected chi connectivity index (χ2v) is 1.51. The Labute approximate surface area is 61.2 Å². The molecule has 4 heteroatoms. The summed E-state index contributed by atoms with van der Waals surface area (Å²) < 4.78 is 0.137. The standard InChI is InChI=1S/CH3IN2.HI/c2-1(3)4;/h(H3,3,4);1H. The van der Waals surface area contributed by atoms with Gasteiger partial charge in [-0.2, -0.15) is 0 Å². The lowest BCUT2D eigenvalue weighted by Crippen LogP contribution is -1.95. The number of hydrogen-bond acceptors (Lipinski definition) is 1. The normalized spacial score (nSPS) is 5.00. The quantitative estimate of drug-likeness (QED) is 0.297. The third-order valence-corrected chi connectivity index (χ3v) is 0. The zero-order valence-electron chi connectivity index (χ0n) is 2.36. The molecule has 0 aromatic carbocycles. The van der Waals surface area contributed by atoms with Gasteiger partial charge in [-0.15, -0.1) is 24.0 Å². The minimum Gasteiger partial charge on any atom is -0.379 e. The Morgan fingerprint density at radius 1 is 1.80 bits per heavy atom. The highest BCUT2D eigenvalue weighted by molar-refractivity contribution is 14.1. The zero-order valence-corrected chi connectivity index (χ0v) is 6.85. The molecule has 0 amide bonds. The van der Waals surface area contributed by atoms with Gasteiger partial charge in [0.2, 0.25) is 0 Å². The van der Waals surface area contributed by atoms with Gasteiger partial charge in [-0.1, -0.05) is 0 Å². The molecule has 0 aromatic rings. The molecule has 0 saturated heterocycles. The molecule has 3 N–H and O–H groups in total. The monoisotopic (exact) mass is 298 g/mol. The van der Waals surface area contributed by atoms with Gasteiger partial charge in [0.15, 0.2) is 3.84 Å². The smallest absolute Gasteiger partial charge is 0.154 e. The van der Waals surface area contributed by atoms with Crippen LogP contribution in [0.1, 0.15) is 0 Å². The lowest BCUT2D eigenvalue weighted by atomic mass is 11.4. The summed E-state index contributed by atoms with van der Waals surface area (Å²) in [6.45, 7) is 0. The van der Waals surface area contributed by atoms with Crippen molar-refractivity contribution in [2.75, 3.05) is 0 Å². The summed E-state index contributed by atoms with van der Waals surface area (Å²) in [5, 5.41) is 6.26. The molecule has 0 spiro atoms. The van der Waals surface area contributed by atoms with E-state index in [9.17, 15) is 0 Å². The van der Waals surface area contributed by atoms with Gasteiger partial charge in [0.25, 0.3) is 0 Å². The van der Waals surface area contributed by atoms with Crippen LogP contribution < -0.4 is 5.73 Å². The fourth-order valence-corrected chi connectivity index (χ4v) is 0. The second kappa shape index (κ2) is 4.93. The van der Waals surface area contributed by atoms with Crippen molar-refractivity contribution in [1.29, 1.82) is 5.41 Å². The van der Waals surface area contributed by atoms with Gasteiger partial charge in [0, 0.05) is 0 Å². The predicted octanol–water partition coefficient (Wildman–Crippen LogP) is 0.933. The van der Waals surface area contributed by atoms with Crippen molar-refractivity contribution in [3.05, 3.63) is 0 Å². The van der Waals surface area contributed by atoms with Crippen LogP contribution in [0.5, 0.6) is 0 Å². The third kappa shape index (κ3) is 48.9. The SMILES string of the molecule is I.N=C(N)I. The van der Waals surface area contributed by atoms with Gasteiger partial charge in [-0.3, -0.25) is 5.41 Å². The Bertz CT molecular complexity index is 30.6. The van der Waals surface area contributed by atoms with Gasteiger partial charge in [0.05, 0.1) is 0 Å². The summed E-state index contributed by atoms with van der Waals surface area (Å²) in [5.41, 5.74) is 4.68. The average molecular weight is 298 g/mol. The Morgan fingerprint density at radius 3 is 1.80 bits per heavy atom. The van der Waals surface area contributed by atoms with E-state index in [0.717, 1.165) is 0 Å². The highest BCUT2D eigenvalue weighted by atomic mass is 127. The molecule has 0 fully saturated rings. The average Bonchev–Trinajstić information content (AvgIpc) is 0.811. The minimum atomic E-state index is 0. The van der Waals surface area contributed by atoms with Crippen LogP contribution in [0.15, 0.2) is 0 Å². The maximum atomic E-state index is 6.26. The van der Waals surface area contributed by atoms with Gasteiger partial charge in [-0.25, -0.2) is 0 Å². The topological polar surface area (TPSA) is 49.9 Å². The molecular weight excluding hydrogens is 294 g/mol. The summed E-state index contributed by atoms with van der Waals surface area (Å²) in [7, 11) is 0. The molecule has 0 aliphatic rings. The van der Waals surface area contributed by atoms with Crippen molar-refractivity contribution >= 4 is 50.4 Å². The fourth-order valence-electron chi connectivity index (χ4n) is 0. The number of rotatable bonds is 0. The maximum Gasteiger partial charge on any atom is 0.154 e. The first-order chi connectivity index (χ1) is 1.73. The van der Waals surface area contributed by atoms with E-state index in [1.807, 2.05) is 0 Å². The summed E-state index contributed by atoms with van der Waals surface area (Å²) in [6.07, 6.45) is 0. The van der Waals surface area contributed by atoms with Crippen molar-refractivity contribution in [2.45, 2.75) is 0 Å². The molecular formula is CH4I2N2.